The fraction of sp³-hybridized carbons (Fsp3) is 1.00. The van der Waals surface area contributed by atoms with Gasteiger partial charge >= 0.3 is 29.6 Å². The Hall–Kier alpha value is 0.910. The van der Waals surface area contributed by atoms with Gasteiger partial charge in [0.15, 0.2) is 0 Å². The Labute approximate surface area is 162 Å². The smallest absolute Gasteiger partial charge is 1.00 e. The third-order valence-corrected chi connectivity index (χ3v) is 5.07. The molecule has 0 aliphatic carbocycles. The van der Waals surface area contributed by atoms with Gasteiger partial charge in [0.1, 0.15) is 0 Å². The van der Waals surface area contributed by atoms with Crippen LogP contribution in [0.4, 0.5) is 0 Å². The molecule has 0 bridgehead atoms. The van der Waals surface area contributed by atoms with E-state index in [0.717, 1.165) is 32.1 Å². The van der Waals surface area contributed by atoms with Crippen LogP contribution in [0.1, 0.15) is 98.7 Å². The fourth-order valence-electron chi connectivity index (χ4n) is 2.36. The Bertz CT molecular complexity index is 311. The van der Waals surface area contributed by atoms with Crippen molar-refractivity contribution >= 4 is 10.1 Å². The fourth-order valence-corrected chi connectivity index (χ4v) is 3.41. The summed E-state index contributed by atoms with van der Waals surface area (Å²) in [5.41, 5.74) is 0. The van der Waals surface area contributed by atoms with Crippen LogP contribution in [0, 0.1) is 0 Å². The quantitative estimate of drug-likeness (QED) is 0.245. The van der Waals surface area contributed by atoms with Crippen molar-refractivity contribution in [1.82, 2.24) is 0 Å². The summed E-state index contributed by atoms with van der Waals surface area (Å²) < 4.78 is 28.1. The largest absolute Gasteiger partial charge is 1.00 e. The normalized spacial score (nSPS) is 11.4. The van der Waals surface area contributed by atoms with Gasteiger partial charge in [-0.3, -0.25) is 4.18 Å². The van der Waals surface area contributed by atoms with Crippen molar-refractivity contribution in [2.75, 3.05) is 12.4 Å². The first-order chi connectivity index (χ1) is 10.1. The molecule has 0 aliphatic heterocycles. The summed E-state index contributed by atoms with van der Waals surface area (Å²) in [5.74, 6) is 0.179. The number of unbranched alkanes of at least 4 members (excludes halogenated alkanes) is 11. The first kappa shape index (κ1) is 25.2. The molecule has 5 heteroatoms. The van der Waals surface area contributed by atoms with Gasteiger partial charge in [-0.05, 0) is 12.8 Å². The third kappa shape index (κ3) is 19.0. The Balaban J connectivity index is -0.00000200. The number of rotatable bonds is 16. The molecule has 0 rings (SSSR count). The molecule has 0 spiro atoms. The van der Waals surface area contributed by atoms with Crippen molar-refractivity contribution in [3.8, 4) is 0 Å². The van der Waals surface area contributed by atoms with Gasteiger partial charge in [0.05, 0.1) is 12.4 Å². The summed E-state index contributed by atoms with van der Waals surface area (Å²) >= 11 is 0. The predicted octanol–water partition coefficient (Wildman–Crippen LogP) is 2.56. The molecule has 0 saturated heterocycles. The van der Waals surface area contributed by atoms with Gasteiger partial charge < -0.3 is 1.43 Å². The SMILES string of the molecule is CCCCCCCCCCCCOS(=O)(=O)CCCCC.[H-].[Na+]. The summed E-state index contributed by atoms with van der Waals surface area (Å²) in [6.07, 6.45) is 15.2. The van der Waals surface area contributed by atoms with Crippen molar-refractivity contribution in [2.45, 2.75) is 97.3 Å². The van der Waals surface area contributed by atoms with E-state index in [1.807, 2.05) is 0 Å². The van der Waals surface area contributed by atoms with Crippen LogP contribution in [-0.4, -0.2) is 20.8 Å². The summed E-state index contributed by atoms with van der Waals surface area (Å²) in [5, 5.41) is 0. The Morgan fingerprint density at radius 1 is 0.682 bits per heavy atom. The first-order valence-electron chi connectivity index (χ1n) is 8.99. The van der Waals surface area contributed by atoms with Crippen LogP contribution < -0.4 is 29.6 Å². The molecule has 0 radical (unpaired) electrons. The van der Waals surface area contributed by atoms with E-state index >= 15 is 0 Å². The molecule has 22 heavy (non-hydrogen) atoms. The standard InChI is InChI=1S/C17H36O3S.Na.H/c1-3-5-7-8-9-10-11-12-13-14-16-20-21(18,19)17-15-6-4-2;;/h3-17H2,1-2H3;;/q;+1;-1. The van der Waals surface area contributed by atoms with Crippen LogP contribution in [0.5, 0.6) is 0 Å². The molecule has 3 nitrogen and oxygen atoms in total. The maximum absolute atomic E-state index is 11.5. The van der Waals surface area contributed by atoms with Gasteiger partial charge in [-0.1, -0.05) is 84.5 Å². The molecule has 0 N–H and O–H groups in total. The zero-order valence-corrected chi connectivity index (χ0v) is 18.1. The topological polar surface area (TPSA) is 43.4 Å². The maximum Gasteiger partial charge on any atom is 1.00 e. The summed E-state index contributed by atoms with van der Waals surface area (Å²) in [4.78, 5) is 0. The molecule has 0 aromatic heterocycles. The molecular formula is C17H37NaO3S. The van der Waals surface area contributed by atoms with Crippen LogP contribution in [0.2, 0.25) is 0 Å². The minimum Gasteiger partial charge on any atom is -1.00 e. The van der Waals surface area contributed by atoms with Crippen LogP contribution in [0.15, 0.2) is 0 Å². The molecule has 0 fully saturated rings. The monoisotopic (exact) mass is 344 g/mol. The zero-order valence-electron chi connectivity index (χ0n) is 16.2. The van der Waals surface area contributed by atoms with E-state index in [9.17, 15) is 8.42 Å². The van der Waals surface area contributed by atoms with Gasteiger partial charge in [-0.25, -0.2) is 0 Å². The second-order valence-corrected chi connectivity index (χ2v) is 7.73. The Morgan fingerprint density at radius 2 is 1.09 bits per heavy atom. The summed E-state index contributed by atoms with van der Waals surface area (Å²) in [6.45, 7) is 4.67. The van der Waals surface area contributed by atoms with Crippen molar-refractivity contribution in [3.05, 3.63) is 0 Å². The van der Waals surface area contributed by atoms with E-state index in [1.54, 1.807) is 0 Å². The van der Waals surface area contributed by atoms with Crippen LogP contribution >= 0.6 is 0 Å². The average Bonchev–Trinajstić information content (AvgIpc) is 2.45. The van der Waals surface area contributed by atoms with Gasteiger partial charge in [0.25, 0.3) is 10.1 Å². The van der Waals surface area contributed by atoms with E-state index in [4.69, 9.17) is 4.18 Å². The van der Waals surface area contributed by atoms with Crippen molar-refractivity contribution < 1.29 is 43.6 Å². The van der Waals surface area contributed by atoms with E-state index in [-0.39, 0.29) is 36.7 Å². The van der Waals surface area contributed by atoms with E-state index in [1.165, 1.54) is 51.4 Å². The second kappa shape index (κ2) is 18.3. The number of hydrogen-bond donors (Lipinski definition) is 0. The van der Waals surface area contributed by atoms with E-state index < -0.39 is 10.1 Å². The van der Waals surface area contributed by atoms with Crippen molar-refractivity contribution in [2.24, 2.45) is 0 Å². The molecule has 0 amide bonds. The van der Waals surface area contributed by atoms with Crippen LogP contribution in [-0.2, 0) is 14.3 Å². The van der Waals surface area contributed by atoms with Gasteiger partial charge in [0, 0.05) is 0 Å². The molecule has 0 aromatic carbocycles. The first-order valence-corrected chi connectivity index (χ1v) is 10.6. The van der Waals surface area contributed by atoms with Crippen molar-refractivity contribution in [1.29, 1.82) is 0 Å². The van der Waals surface area contributed by atoms with E-state index in [2.05, 4.69) is 13.8 Å². The summed E-state index contributed by atoms with van der Waals surface area (Å²) in [6, 6.07) is 0. The second-order valence-electron chi connectivity index (χ2n) is 5.97. The van der Waals surface area contributed by atoms with Crippen LogP contribution in [0.3, 0.4) is 0 Å². The third-order valence-electron chi connectivity index (χ3n) is 3.76. The molecule has 0 unspecified atom stereocenters. The maximum atomic E-state index is 11.5. The van der Waals surface area contributed by atoms with Crippen LogP contribution in [0.25, 0.3) is 0 Å². The van der Waals surface area contributed by atoms with E-state index in [0.29, 0.717) is 6.61 Å². The molecule has 130 valence electrons. The molecule has 0 aromatic rings. The summed E-state index contributed by atoms with van der Waals surface area (Å²) in [7, 11) is -3.26. The Morgan fingerprint density at radius 3 is 1.59 bits per heavy atom. The molecular weight excluding hydrogens is 307 g/mol. The average molecular weight is 345 g/mol. The van der Waals surface area contributed by atoms with Crippen molar-refractivity contribution in [3.63, 3.8) is 0 Å². The molecule has 0 aliphatic rings. The van der Waals surface area contributed by atoms with Gasteiger partial charge in [0.2, 0.25) is 0 Å². The zero-order chi connectivity index (χ0) is 15.8. The molecule has 0 saturated carbocycles. The minimum atomic E-state index is -3.26. The van der Waals surface area contributed by atoms with Gasteiger partial charge in [-0.15, -0.1) is 0 Å². The number of hydrogen-bond acceptors (Lipinski definition) is 3. The predicted molar refractivity (Wildman–Crippen MR) is 92.2 cm³/mol. The minimum absolute atomic E-state index is 0. The Kier molecular flexibility index (Phi) is 20.9. The molecule has 0 atom stereocenters. The molecule has 0 heterocycles. The van der Waals surface area contributed by atoms with Gasteiger partial charge in [-0.2, -0.15) is 8.42 Å².